The molecule has 92 valence electrons. The van der Waals surface area contributed by atoms with Crippen LogP contribution in [0.3, 0.4) is 0 Å². The minimum absolute atomic E-state index is 0.150. The van der Waals surface area contributed by atoms with Gasteiger partial charge in [-0.2, -0.15) is 14.5 Å². The number of fused-ring (bicyclic) bond motifs is 1. The molecule has 0 unspecified atom stereocenters. The Balaban J connectivity index is 2.19. The quantitative estimate of drug-likeness (QED) is 0.651. The molecule has 3 rings (SSSR count). The number of hydrogen-bond acceptors (Lipinski definition) is 7. The predicted molar refractivity (Wildman–Crippen MR) is 59.4 cm³/mol. The van der Waals surface area contributed by atoms with E-state index in [0.717, 1.165) is 6.26 Å². The number of sulfone groups is 1. The molecule has 0 aliphatic carbocycles. The highest BCUT2D eigenvalue weighted by Gasteiger charge is 2.15. The summed E-state index contributed by atoms with van der Waals surface area (Å²) in [6.45, 7) is 0. The zero-order chi connectivity index (χ0) is 12.8. The van der Waals surface area contributed by atoms with Crippen molar-refractivity contribution in [3.8, 4) is 11.6 Å². The maximum Gasteiger partial charge on any atom is 0.256 e. The molecule has 3 heterocycles. The number of furan rings is 1. The molecule has 8 nitrogen and oxygen atoms in total. The van der Waals surface area contributed by atoms with Gasteiger partial charge >= 0.3 is 0 Å². The van der Waals surface area contributed by atoms with E-state index in [4.69, 9.17) is 4.42 Å². The average Bonchev–Trinajstić information content (AvgIpc) is 2.95. The summed E-state index contributed by atoms with van der Waals surface area (Å²) in [5, 5.41) is 3.79. The largest absolute Gasteiger partial charge is 0.461 e. The average molecular weight is 265 g/mol. The second-order valence-corrected chi connectivity index (χ2v) is 5.48. The van der Waals surface area contributed by atoms with Gasteiger partial charge in [0.15, 0.2) is 5.76 Å². The lowest BCUT2D eigenvalue weighted by atomic mass is 10.4. The van der Waals surface area contributed by atoms with Crippen molar-refractivity contribution in [3.63, 3.8) is 0 Å². The molecule has 0 saturated carbocycles. The van der Waals surface area contributed by atoms with E-state index in [1.807, 2.05) is 0 Å². The molecular weight excluding hydrogens is 258 g/mol. The van der Waals surface area contributed by atoms with Gasteiger partial charge in [-0.3, -0.25) is 0 Å². The van der Waals surface area contributed by atoms with Crippen molar-refractivity contribution >= 4 is 15.6 Å². The van der Waals surface area contributed by atoms with Crippen LogP contribution in [0.2, 0.25) is 0 Å². The fraction of sp³-hybridized carbons (Fsp3) is 0.111. The van der Waals surface area contributed by atoms with Crippen molar-refractivity contribution in [2.45, 2.75) is 5.16 Å². The summed E-state index contributed by atoms with van der Waals surface area (Å²) in [5.41, 5.74) is 0. The Hall–Kier alpha value is -2.29. The topological polar surface area (TPSA) is 103 Å². The third-order valence-electron chi connectivity index (χ3n) is 2.16. The highest BCUT2D eigenvalue weighted by molar-refractivity contribution is 7.90. The van der Waals surface area contributed by atoms with Gasteiger partial charge in [0, 0.05) is 6.26 Å². The van der Waals surface area contributed by atoms with Crippen LogP contribution < -0.4 is 0 Å². The minimum atomic E-state index is -3.47. The standard InChI is InChI=1S/C9H7N5O3S/c1-18(15,16)9-10-5-14-8(12-9)11-7(13-14)6-3-2-4-17-6/h2-5H,1H3. The normalized spacial score (nSPS) is 12.1. The Morgan fingerprint density at radius 2 is 2.17 bits per heavy atom. The fourth-order valence-electron chi connectivity index (χ4n) is 1.38. The maximum absolute atomic E-state index is 11.3. The Morgan fingerprint density at radius 3 is 2.83 bits per heavy atom. The van der Waals surface area contributed by atoms with Crippen molar-refractivity contribution in [3.05, 3.63) is 24.7 Å². The first-order chi connectivity index (χ1) is 8.54. The zero-order valence-electron chi connectivity index (χ0n) is 9.18. The maximum atomic E-state index is 11.3. The molecule has 0 N–H and O–H groups in total. The van der Waals surface area contributed by atoms with Gasteiger partial charge < -0.3 is 4.42 Å². The molecule has 0 amide bonds. The third-order valence-corrected chi connectivity index (χ3v) is 3.02. The van der Waals surface area contributed by atoms with Crippen LogP contribution in [0.1, 0.15) is 0 Å². The molecule has 18 heavy (non-hydrogen) atoms. The van der Waals surface area contributed by atoms with Crippen LogP contribution in [0.5, 0.6) is 0 Å². The van der Waals surface area contributed by atoms with Crippen LogP contribution >= 0.6 is 0 Å². The first-order valence-electron chi connectivity index (χ1n) is 4.87. The van der Waals surface area contributed by atoms with Gasteiger partial charge in [-0.25, -0.2) is 13.4 Å². The molecule has 3 aromatic rings. The molecule has 0 saturated heterocycles. The van der Waals surface area contributed by atoms with E-state index in [9.17, 15) is 8.42 Å². The molecule has 0 aliphatic heterocycles. The van der Waals surface area contributed by atoms with Gasteiger partial charge in [-0.15, -0.1) is 5.10 Å². The summed E-state index contributed by atoms with van der Waals surface area (Å²) < 4.78 is 29.0. The summed E-state index contributed by atoms with van der Waals surface area (Å²) in [6, 6.07) is 3.40. The zero-order valence-corrected chi connectivity index (χ0v) is 9.99. The highest BCUT2D eigenvalue weighted by atomic mass is 32.2. The van der Waals surface area contributed by atoms with Crippen LogP contribution in [-0.4, -0.2) is 39.2 Å². The van der Waals surface area contributed by atoms with Crippen molar-refractivity contribution < 1.29 is 12.8 Å². The molecule has 0 aliphatic rings. The van der Waals surface area contributed by atoms with E-state index in [0.29, 0.717) is 11.6 Å². The van der Waals surface area contributed by atoms with Crippen molar-refractivity contribution in [2.24, 2.45) is 0 Å². The van der Waals surface area contributed by atoms with Crippen LogP contribution in [0.25, 0.3) is 17.4 Å². The molecule has 0 fully saturated rings. The van der Waals surface area contributed by atoms with E-state index >= 15 is 0 Å². The molecular formula is C9H7N5O3S. The number of nitrogens with zero attached hydrogens (tertiary/aromatic N) is 5. The Morgan fingerprint density at radius 1 is 1.33 bits per heavy atom. The first kappa shape index (κ1) is 10.8. The minimum Gasteiger partial charge on any atom is -0.461 e. The van der Waals surface area contributed by atoms with E-state index in [1.165, 1.54) is 17.1 Å². The Bertz CT molecular complexity index is 806. The molecule has 9 heteroatoms. The lowest BCUT2D eigenvalue weighted by Crippen LogP contribution is -2.06. The molecule has 0 bridgehead atoms. The Labute approximate surface area is 101 Å². The van der Waals surface area contributed by atoms with Gasteiger partial charge in [0.25, 0.3) is 10.9 Å². The van der Waals surface area contributed by atoms with Crippen molar-refractivity contribution in [2.75, 3.05) is 6.26 Å². The summed E-state index contributed by atoms with van der Waals surface area (Å²) in [7, 11) is -3.47. The second-order valence-electron chi connectivity index (χ2n) is 3.57. The summed E-state index contributed by atoms with van der Waals surface area (Å²) in [6.07, 6.45) is 3.77. The SMILES string of the molecule is CS(=O)(=O)c1ncn2nc(-c3ccco3)nc2n1. The van der Waals surface area contributed by atoms with Crippen LogP contribution in [0.4, 0.5) is 0 Å². The highest BCUT2D eigenvalue weighted by Crippen LogP contribution is 2.15. The molecule has 0 radical (unpaired) electrons. The van der Waals surface area contributed by atoms with Crippen molar-refractivity contribution in [1.82, 2.24) is 24.6 Å². The van der Waals surface area contributed by atoms with Gasteiger partial charge in [0.2, 0.25) is 15.7 Å². The van der Waals surface area contributed by atoms with Gasteiger partial charge in [-0.05, 0) is 12.1 Å². The summed E-state index contributed by atoms with van der Waals surface area (Å²) in [5.74, 6) is 0.943. The van der Waals surface area contributed by atoms with E-state index < -0.39 is 9.84 Å². The summed E-state index contributed by atoms with van der Waals surface area (Å²) in [4.78, 5) is 11.6. The number of rotatable bonds is 2. The van der Waals surface area contributed by atoms with Gasteiger partial charge in [0.1, 0.15) is 6.33 Å². The van der Waals surface area contributed by atoms with E-state index in [1.54, 1.807) is 12.1 Å². The Kier molecular flexibility index (Phi) is 2.17. The lowest BCUT2D eigenvalue weighted by molar-refractivity contribution is 0.577. The molecule has 0 spiro atoms. The molecule has 3 aromatic heterocycles. The number of aromatic nitrogens is 5. The number of hydrogen-bond donors (Lipinski definition) is 0. The first-order valence-corrected chi connectivity index (χ1v) is 6.76. The van der Waals surface area contributed by atoms with Crippen LogP contribution in [-0.2, 0) is 9.84 Å². The smallest absolute Gasteiger partial charge is 0.256 e. The molecule has 0 atom stereocenters. The van der Waals surface area contributed by atoms with Crippen molar-refractivity contribution in [1.29, 1.82) is 0 Å². The van der Waals surface area contributed by atoms with Gasteiger partial charge in [-0.1, -0.05) is 0 Å². The lowest BCUT2D eigenvalue weighted by Gasteiger charge is -1.94. The third kappa shape index (κ3) is 1.74. The summed E-state index contributed by atoms with van der Waals surface area (Å²) >= 11 is 0. The van der Waals surface area contributed by atoms with E-state index in [2.05, 4.69) is 20.1 Å². The monoisotopic (exact) mass is 265 g/mol. The van der Waals surface area contributed by atoms with Crippen LogP contribution in [0, 0.1) is 0 Å². The fourth-order valence-corrected chi connectivity index (χ4v) is 1.86. The van der Waals surface area contributed by atoms with Gasteiger partial charge in [0.05, 0.1) is 6.26 Å². The predicted octanol–water partition coefficient (Wildman–Crippen LogP) is 0.183. The van der Waals surface area contributed by atoms with E-state index in [-0.39, 0.29) is 10.9 Å². The second kappa shape index (κ2) is 3.60. The van der Waals surface area contributed by atoms with Crippen LogP contribution in [0.15, 0.2) is 34.3 Å². The molecule has 0 aromatic carbocycles.